The average Bonchev–Trinajstić information content (AvgIpc) is 3.22. The summed E-state index contributed by atoms with van der Waals surface area (Å²) < 4.78 is 13.1. The highest BCUT2D eigenvalue weighted by Gasteiger charge is 2.27. The minimum atomic E-state index is 0.392. The third kappa shape index (κ3) is 3.94. The molecule has 2 aliphatic rings. The molecule has 0 aromatic carbocycles. The second-order valence-corrected chi connectivity index (χ2v) is 7.21. The molecule has 0 bridgehead atoms. The first-order valence-corrected chi connectivity index (χ1v) is 9.38. The Bertz CT molecular complexity index is 723. The lowest BCUT2D eigenvalue weighted by Gasteiger charge is -2.31. The third-order valence-corrected chi connectivity index (χ3v) is 5.26. The maximum atomic E-state index is 5.53. The Morgan fingerprint density at radius 2 is 1.85 bits per heavy atom. The van der Waals surface area contributed by atoms with Crippen molar-refractivity contribution in [3.8, 4) is 0 Å². The largest absolute Gasteiger partial charge is 0.424 e. The SMILES string of the molecule is Cc1nnc(CN2CCCC(c3nnc(CN4CCOCC4)n3C)C2)o1. The number of ether oxygens (including phenoxy) is 1. The van der Waals surface area contributed by atoms with E-state index in [4.69, 9.17) is 9.15 Å². The van der Waals surface area contributed by atoms with Crippen molar-refractivity contribution in [1.82, 2.24) is 34.8 Å². The van der Waals surface area contributed by atoms with Crippen LogP contribution in [0.15, 0.2) is 4.42 Å². The van der Waals surface area contributed by atoms with E-state index in [9.17, 15) is 0 Å². The fourth-order valence-electron chi connectivity index (χ4n) is 3.83. The number of morpholine rings is 1. The molecule has 142 valence electrons. The average molecular weight is 361 g/mol. The molecule has 2 saturated heterocycles. The summed E-state index contributed by atoms with van der Waals surface area (Å²) in [5.41, 5.74) is 0. The molecule has 9 heteroatoms. The molecule has 2 fully saturated rings. The summed E-state index contributed by atoms with van der Waals surface area (Å²) in [6, 6.07) is 0. The van der Waals surface area contributed by atoms with Gasteiger partial charge < -0.3 is 13.7 Å². The molecule has 0 spiro atoms. The smallest absolute Gasteiger partial charge is 0.230 e. The molecule has 0 saturated carbocycles. The Hall–Kier alpha value is -1.84. The standard InChI is InChI=1S/C17H27N7O2/c1-13-18-20-16(26-13)12-24-5-3-4-14(10-24)17-21-19-15(22(17)2)11-23-6-8-25-9-7-23/h14H,3-12H2,1-2H3. The van der Waals surface area contributed by atoms with E-state index >= 15 is 0 Å². The lowest BCUT2D eigenvalue weighted by molar-refractivity contribution is 0.0326. The number of aryl methyl sites for hydroxylation is 1. The second-order valence-electron chi connectivity index (χ2n) is 7.21. The first-order chi connectivity index (χ1) is 12.7. The molecule has 0 N–H and O–H groups in total. The van der Waals surface area contributed by atoms with Gasteiger partial charge in [0.25, 0.3) is 0 Å². The third-order valence-electron chi connectivity index (χ3n) is 5.26. The Morgan fingerprint density at radius 3 is 2.62 bits per heavy atom. The Balaban J connectivity index is 1.40. The van der Waals surface area contributed by atoms with Crippen molar-refractivity contribution in [3.05, 3.63) is 23.4 Å². The van der Waals surface area contributed by atoms with Crippen LogP contribution in [0.3, 0.4) is 0 Å². The highest BCUT2D eigenvalue weighted by molar-refractivity contribution is 5.04. The van der Waals surface area contributed by atoms with Crippen LogP contribution in [0.5, 0.6) is 0 Å². The number of aromatic nitrogens is 5. The molecular weight excluding hydrogens is 334 g/mol. The lowest BCUT2D eigenvalue weighted by atomic mass is 9.97. The van der Waals surface area contributed by atoms with Crippen LogP contribution in [0, 0.1) is 6.92 Å². The van der Waals surface area contributed by atoms with Crippen LogP contribution in [0.1, 0.15) is 42.2 Å². The molecule has 2 aromatic heterocycles. The van der Waals surface area contributed by atoms with E-state index in [1.807, 2.05) is 6.92 Å². The van der Waals surface area contributed by atoms with Gasteiger partial charge >= 0.3 is 0 Å². The van der Waals surface area contributed by atoms with Gasteiger partial charge in [0.05, 0.1) is 26.3 Å². The molecular formula is C17H27N7O2. The molecule has 4 rings (SSSR count). The molecule has 0 amide bonds. The Morgan fingerprint density at radius 1 is 1.00 bits per heavy atom. The fraction of sp³-hybridized carbons (Fsp3) is 0.765. The van der Waals surface area contributed by atoms with Gasteiger partial charge in [-0.25, -0.2) is 0 Å². The van der Waals surface area contributed by atoms with Crippen LogP contribution in [0.2, 0.25) is 0 Å². The maximum Gasteiger partial charge on any atom is 0.230 e. The van der Waals surface area contributed by atoms with E-state index in [2.05, 4.69) is 41.8 Å². The van der Waals surface area contributed by atoms with Crippen LogP contribution in [-0.4, -0.2) is 74.2 Å². The Labute approximate surface area is 153 Å². The van der Waals surface area contributed by atoms with E-state index in [1.54, 1.807) is 0 Å². The number of nitrogens with zero attached hydrogens (tertiary/aromatic N) is 7. The highest BCUT2D eigenvalue weighted by Crippen LogP contribution is 2.26. The first kappa shape index (κ1) is 17.6. The van der Waals surface area contributed by atoms with Gasteiger partial charge in [0.1, 0.15) is 11.6 Å². The zero-order chi connectivity index (χ0) is 17.9. The van der Waals surface area contributed by atoms with Crippen LogP contribution < -0.4 is 0 Å². The normalized spacial score (nSPS) is 22.8. The van der Waals surface area contributed by atoms with Gasteiger partial charge in [-0.2, -0.15) is 0 Å². The van der Waals surface area contributed by atoms with Crippen molar-refractivity contribution in [2.45, 2.75) is 38.8 Å². The first-order valence-electron chi connectivity index (χ1n) is 9.38. The van der Waals surface area contributed by atoms with Gasteiger partial charge in [-0.3, -0.25) is 9.80 Å². The number of rotatable bonds is 5. The van der Waals surface area contributed by atoms with Gasteiger partial charge in [0.2, 0.25) is 11.8 Å². The van der Waals surface area contributed by atoms with Crippen molar-refractivity contribution in [3.63, 3.8) is 0 Å². The molecule has 0 aliphatic carbocycles. The molecule has 1 unspecified atom stereocenters. The quantitative estimate of drug-likeness (QED) is 0.770. The molecule has 2 aromatic rings. The van der Waals surface area contributed by atoms with Gasteiger partial charge in [-0.05, 0) is 19.4 Å². The second kappa shape index (κ2) is 7.81. The Kier molecular flexibility index (Phi) is 5.28. The highest BCUT2D eigenvalue weighted by atomic mass is 16.5. The topological polar surface area (TPSA) is 85.3 Å². The summed E-state index contributed by atoms with van der Waals surface area (Å²) in [6.45, 7) is 8.90. The predicted octanol–water partition coefficient (Wildman–Crippen LogP) is 0.718. The lowest BCUT2D eigenvalue weighted by Crippen LogP contribution is -2.36. The van der Waals surface area contributed by atoms with Crippen molar-refractivity contribution < 1.29 is 9.15 Å². The summed E-state index contributed by atoms with van der Waals surface area (Å²) in [5.74, 6) is 3.82. The van der Waals surface area contributed by atoms with Crippen molar-refractivity contribution in [2.75, 3.05) is 39.4 Å². The predicted molar refractivity (Wildman–Crippen MR) is 93.4 cm³/mol. The summed E-state index contributed by atoms with van der Waals surface area (Å²) in [4.78, 5) is 4.75. The maximum absolute atomic E-state index is 5.53. The van der Waals surface area contributed by atoms with Gasteiger partial charge in [0, 0.05) is 39.5 Å². The van der Waals surface area contributed by atoms with Gasteiger partial charge in [-0.1, -0.05) is 0 Å². The fourth-order valence-corrected chi connectivity index (χ4v) is 3.83. The minimum absolute atomic E-state index is 0.392. The number of piperidine rings is 1. The van der Waals surface area contributed by atoms with Crippen molar-refractivity contribution in [2.24, 2.45) is 7.05 Å². The van der Waals surface area contributed by atoms with Crippen LogP contribution in [0.25, 0.3) is 0 Å². The van der Waals surface area contributed by atoms with E-state index in [-0.39, 0.29) is 0 Å². The summed E-state index contributed by atoms with van der Waals surface area (Å²) >= 11 is 0. The van der Waals surface area contributed by atoms with Crippen molar-refractivity contribution >= 4 is 0 Å². The molecule has 26 heavy (non-hydrogen) atoms. The van der Waals surface area contributed by atoms with Crippen molar-refractivity contribution in [1.29, 1.82) is 0 Å². The number of hydrogen-bond donors (Lipinski definition) is 0. The van der Waals surface area contributed by atoms with E-state index in [0.717, 1.165) is 70.4 Å². The van der Waals surface area contributed by atoms with E-state index in [1.165, 1.54) is 0 Å². The summed E-state index contributed by atoms with van der Waals surface area (Å²) in [7, 11) is 2.09. The molecule has 9 nitrogen and oxygen atoms in total. The zero-order valence-electron chi connectivity index (χ0n) is 15.6. The molecule has 0 radical (unpaired) electrons. The van der Waals surface area contributed by atoms with Gasteiger partial charge in [0.15, 0.2) is 0 Å². The van der Waals surface area contributed by atoms with Crippen LogP contribution >= 0.6 is 0 Å². The van der Waals surface area contributed by atoms with Gasteiger partial charge in [-0.15, -0.1) is 20.4 Å². The minimum Gasteiger partial charge on any atom is -0.424 e. The molecule has 1 atom stereocenters. The van der Waals surface area contributed by atoms with E-state index in [0.29, 0.717) is 24.2 Å². The van der Waals surface area contributed by atoms with Crippen LogP contribution in [-0.2, 0) is 24.9 Å². The number of hydrogen-bond acceptors (Lipinski definition) is 8. The summed E-state index contributed by atoms with van der Waals surface area (Å²) in [5, 5.41) is 17.0. The zero-order valence-corrected chi connectivity index (χ0v) is 15.6. The van der Waals surface area contributed by atoms with E-state index < -0.39 is 0 Å². The monoisotopic (exact) mass is 361 g/mol. The molecule has 2 aliphatic heterocycles. The number of likely N-dealkylation sites (tertiary alicyclic amines) is 1. The molecule has 4 heterocycles. The van der Waals surface area contributed by atoms with Crippen LogP contribution in [0.4, 0.5) is 0 Å². The summed E-state index contributed by atoms with van der Waals surface area (Å²) in [6.07, 6.45) is 2.28.